The summed E-state index contributed by atoms with van der Waals surface area (Å²) in [5.74, 6) is -3.89. The molecule has 1 aromatic heterocycles. The predicted octanol–water partition coefficient (Wildman–Crippen LogP) is 4.58. The van der Waals surface area contributed by atoms with Crippen LogP contribution in [-0.4, -0.2) is 32.2 Å². The quantitative estimate of drug-likeness (QED) is 0.142. The van der Waals surface area contributed by atoms with Gasteiger partial charge < -0.3 is 20.7 Å². The molecule has 10 heteroatoms. The van der Waals surface area contributed by atoms with Gasteiger partial charge in [-0.15, -0.1) is 0 Å². The molecule has 0 aliphatic carbocycles. The van der Waals surface area contributed by atoms with Gasteiger partial charge in [-0.25, -0.2) is 13.8 Å². The van der Waals surface area contributed by atoms with Gasteiger partial charge in [0.2, 0.25) is 0 Å². The second-order valence-corrected chi connectivity index (χ2v) is 8.66. The van der Waals surface area contributed by atoms with E-state index in [1.165, 1.54) is 6.07 Å². The minimum Gasteiger partial charge on any atom is -0.481 e. The summed E-state index contributed by atoms with van der Waals surface area (Å²) in [7, 11) is 1.85. The van der Waals surface area contributed by atoms with Crippen molar-refractivity contribution in [3.05, 3.63) is 94.8 Å². The van der Waals surface area contributed by atoms with Crippen LogP contribution in [0.1, 0.15) is 46.1 Å². The summed E-state index contributed by atoms with van der Waals surface area (Å²) < 4.78 is 29.2. The Morgan fingerprint density at radius 2 is 1.76 bits per heavy atom. The number of aromatic nitrogens is 2. The van der Waals surface area contributed by atoms with Crippen molar-refractivity contribution in [1.29, 1.82) is 5.41 Å². The SMILES string of the molecule is Cn1c(CNc2ccc(C(=N)N)cc2)nc2cc(C(=O)C(CCC(=O)O)c3ccc(F)c(F)c3)ccc21. The lowest BCUT2D eigenvalue weighted by atomic mass is 9.87. The average molecular weight is 506 g/mol. The molecule has 1 heterocycles. The molecule has 37 heavy (non-hydrogen) atoms. The number of amidine groups is 1. The first kappa shape index (κ1) is 25.5. The Morgan fingerprint density at radius 3 is 2.41 bits per heavy atom. The van der Waals surface area contributed by atoms with Crippen LogP contribution in [0, 0.1) is 17.0 Å². The van der Waals surface area contributed by atoms with E-state index >= 15 is 0 Å². The largest absolute Gasteiger partial charge is 0.481 e. The van der Waals surface area contributed by atoms with Crippen LogP contribution in [0.25, 0.3) is 11.0 Å². The van der Waals surface area contributed by atoms with Gasteiger partial charge in [0.1, 0.15) is 11.7 Å². The van der Waals surface area contributed by atoms with E-state index in [-0.39, 0.29) is 24.2 Å². The molecule has 4 rings (SSSR count). The number of carboxylic acid groups (broad SMARTS) is 1. The number of Topliss-reactive ketones (excluding diaryl/α,β-unsaturated/α-hetero) is 1. The third kappa shape index (κ3) is 5.64. The highest BCUT2D eigenvalue weighted by atomic mass is 19.2. The molecule has 1 atom stereocenters. The fourth-order valence-electron chi connectivity index (χ4n) is 4.16. The smallest absolute Gasteiger partial charge is 0.303 e. The number of carbonyl (C=O) groups is 2. The van der Waals surface area contributed by atoms with Gasteiger partial charge in [0.05, 0.1) is 17.6 Å². The Labute approximate surface area is 211 Å². The first-order valence-corrected chi connectivity index (χ1v) is 11.5. The number of nitrogens with one attached hydrogen (secondary N) is 2. The molecule has 0 saturated carbocycles. The van der Waals surface area contributed by atoms with Crippen LogP contribution in [-0.2, 0) is 18.4 Å². The van der Waals surface area contributed by atoms with Gasteiger partial charge in [-0.3, -0.25) is 15.0 Å². The number of hydrogen-bond donors (Lipinski definition) is 4. The zero-order valence-corrected chi connectivity index (χ0v) is 20.0. The summed E-state index contributed by atoms with van der Waals surface area (Å²) in [6.07, 6.45) is -0.360. The van der Waals surface area contributed by atoms with Crippen LogP contribution in [0.5, 0.6) is 0 Å². The number of fused-ring (bicyclic) bond motifs is 1. The van der Waals surface area contributed by atoms with E-state index in [1.807, 2.05) is 23.7 Å². The van der Waals surface area contributed by atoms with Crippen molar-refractivity contribution >= 4 is 34.3 Å². The zero-order valence-electron chi connectivity index (χ0n) is 20.0. The fourth-order valence-corrected chi connectivity index (χ4v) is 4.16. The molecule has 1 unspecified atom stereocenters. The molecule has 0 amide bonds. The fraction of sp³-hybridized carbons (Fsp3) is 0.185. The zero-order chi connectivity index (χ0) is 26.7. The third-order valence-electron chi connectivity index (χ3n) is 6.21. The Hall–Kier alpha value is -4.60. The average Bonchev–Trinajstić information content (AvgIpc) is 3.19. The summed E-state index contributed by atoms with van der Waals surface area (Å²) in [5, 5.41) is 19.9. The summed E-state index contributed by atoms with van der Waals surface area (Å²) >= 11 is 0. The van der Waals surface area contributed by atoms with E-state index in [9.17, 15) is 18.4 Å². The molecule has 4 aromatic rings. The number of benzene rings is 3. The highest BCUT2D eigenvalue weighted by molar-refractivity contribution is 6.03. The molecule has 8 nitrogen and oxygen atoms in total. The van der Waals surface area contributed by atoms with Crippen LogP contribution in [0.3, 0.4) is 0 Å². The Bertz CT molecular complexity index is 1500. The van der Waals surface area contributed by atoms with Crippen LogP contribution >= 0.6 is 0 Å². The highest BCUT2D eigenvalue weighted by Gasteiger charge is 2.25. The van der Waals surface area contributed by atoms with Crippen molar-refractivity contribution in [2.75, 3.05) is 5.32 Å². The minimum absolute atomic E-state index is 0.0120. The number of aryl methyl sites for hydroxylation is 1. The van der Waals surface area contributed by atoms with Crippen molar-refractivity contribution in [2.45, 2.75) is 25.3 Å². The molecule has 0 fully saturated rings. The lowest BCUT2D eigenvalue weighted by molar-refractivity contribution is -0.137. The molecule has 3 aromatic carbocycles. The van der Waals surface area contributed by atoms with Crippen molar-refractivity contribution < 1.29 is 23.5 Å². The second-order valence-electron chi connectivity index (χ2n) is 8.66. The summed E-state index contributed by atoms with van der Waals surface area (Å²) in [6, 6.07) is 15.3. The Morgan fingerprint density at radius 1 is 1.05 bits per heavy atom. The Kier molecular flexibility index (Phi) is 7.28. The van der Waals surface area contributed by atoms with Crippen molar-refractivity contribution in [3.8, 4) is 0 Å². The topological polar surface area (TPSA) is 134 Å². The third-order valence-corrected chi connectivity index (χ3v) is 6.21. The number of nitrogens with two attached hydrogens (primary N) is 1. The number of carbonyl (C=O) groups excluding carboxylic acids is 1. The molecule has 0 aliphatic heterocycles. The van der Waals surface area contributed by atoms with E-state index < -0.39 is 29.3 Å². The lowest BCUT2D eigenvalue weighted by Crippen LogP contribution is -2.15. The number of ketones is 1. The van der Waals surface area contributed by atoms with E-state index in [4.69, 9.17) is 16.2 Å². The number of aliphatic carboxylic acids is 1. The van der Waals surface area contributed by atoms with Gasteiger partial charge in [-0.2, -0.15) is 0 Å². The first-order chi connectivity index (χ1) is 17.6. The van der Waals surface area contributed by atoms with Crippen LogP contribution in [0.2, 0.25) is 0 Å². The molecule has 0 bridgehead atoms. The Balaban J connectivity index is 1.58. The molecule has 0 aliphatic rings. The molecule has 5 N–H and O–H groups in total. The van der Waals surface area contributed by atoms with E-state index in [0.717, 1.165) is 23.3 Å². The lowest BCUT2D eigenvalue weighted by Gasteiger charge is -2.16. The second kappa shape index (κ2) is 10.6. The van der Waals surface area contributed by atoms with Crippen LogP contribution < -0.4 is 11.1 Å². The van der Waals surface area contributed by atoms with Gasteiger partial charge in [-0.05, 0) is 66.6 Å². The van der Waals surface area contributed by atoms with E-state index in [0.29, 0.717) is 29.0 Å². The van der Waals surface area contributed by atoms with Crippen LogP contribution in [0.15, 0.2) is 60.7 Å². The summed E-state index contributed by atoms with van der Waals surface area (Å²) in [5.41, 5.74) is 8.80. The highest BCUT2D eigenvalue weighted by Crippen LogP contribution is 2.29. The standard InChI is InChI=1S/C27H25F2N5O3/c1-34-23-10-5-17(26(37)19(8-11-25(35)36)16-4-9-20(28)21(29)12-16)13-22(23)33-24(34)14-32-18-6-2-15(3-7-18)27(30)31/h2-7,9-10,12-13,19,32H,8,11,14H2,1H3,(H3,30,31)(H,35,36). The molecular formula is C27H25F2N5O3. The predicted molar refractivity (Wildman–Crippen MR) is 136 cm³/mol. The molecule has 0 saturated heterocycles. The first-order valence-electron chi connectivity index (χ1n) is 11.5. The van der Waals surface area contributed by atoms with Gasteiger partial charge in [0.25, 0.3) is 0 Å². The van der Waals surface area contributed by atoms with Gasteiger partial charge in [0, 0.05) is 36.2 Å². The molecule has 0 spiro atoms. The maximum atomic E-state index is 13.9. The van der Waals surface area contributed by atoms with Gasteiger partial charge >= 0.3 is 5.97 Å². The molecule has 190 valence electrons. The number of nitrogen functional groups attached to an aromatic ring is 1. The number of rotatable bonds is 10. The molecule has 0 radical (unpaired) electrons. The van der Waals surface area contributed by atoms with E-state index in [2.05, 4.69) is 10.3 Å². The maximum absolute atomic E-state index is 13.9. The van der Waals surface area contributed by atoms with E-state index in [1.54, 1.807) is 30.3 Å². The number of carboxylic acids is 1. The number of halogens is 2. The van der Waals surface area contributed by atoms with Gasteiger partial charge in [-0.1, -0.05) is 6.07 Å². The summed E-state index contributed by atoms with van der Waals surface area (Å²) in [4.78, 5) is 29.2. The minimum atomic E-state index is -1.10. The van der Waals surface area contributed by atoms with Crippen LogP contribution in [0.4, 0.5) is 14.5 Å². The van der Waals surface area contributed by atoms with Crippen molar-refractivity contribution in [1.82, 2.24) is 9.55 Å². The number of hydrogen-bond acceptors (Lipinski definition) is 5. The maximum Gasteiger partial charge on any atom is 0.303 e. The van der Waals surface area contributed by atoms with Gasteiger partial charge in [0.15, 0.2) is 17.4 Å². The number of anilines is 1. The monoisotopic (exact) mass is 505 g/mol. The number of imidazole rings is 1. The van der Waals surface area contributed by atoms with Crippen molar-refractivity contribution in [2.24, 2.45) is 12.8 Å². The van der Waals surface area contributed by atoms with Crippen molar-refractivity contribution in [3.63, 3.8) is 0 Å². The molecular weight excluding hydrogens is 480 g/mol. The number of nitrogens with zero attached hydrogens (tertiary/aromatic N) is 2. The summed E-state index contributed by atoms with van der Waals surface area (Å²) in [6.45, 7) is 0.393. The normalized spacial score (nSPS) is 11.9.